The number of rotatable bonds is 5. The number of nitrogens with one attached hydrogen (secondary N) is 1. The van der Waals surface area contributed by atoms with E-state index in [4.69, 9.17) is 11.5 Å². The Morgan fingerprint density at radius 1 is 1.40 bits per heavy atom. The van der Waals surface area contributed by atoms with E-state index < -0.39 is 0 Å². The van der Waals surface area contributed by atoms with Crippen LogP contribution in [0.15, 0.2) is 30.3 Å². The molecule has 2 atom stereocenters. The minimum Gasteiger partial charge on any atom is -0.396 e. The van der Waals surface area contributed by atoms with Gasteiger partial charge in [0.25, 0.3) is 0 Å². The van der Waals surface area contributed by atoms with Crippen LogP contribution >= 0.6 is 0 Å². The lowest BCUT2D eigenvalue weighted by Gasteiger charge is -2.18. The van der Waals surface area contributed by atoms with Crippen molar-refractivity contribution >= 4 is 0 Å². The molecule has 0 amide bonds. The molecular weight excluding hydrogens is 186 g/mol. The average Bonchev–Trinajstić information content (AvgIpc) is 2.29. The van der Waals surface area contributed by atoms with Crippen LogP contribution in [0, 0.1) is 12.3 Å². The Morgan fingerprint density at radius 2 is 2.07 bits per heavy atom. The lowest BCUT2D eigenvalue weighted by molar-refractivity contribution is 0.273. The SMILES string of the molecule is C#C[C@H](CCO)NC(C)c1ccccc1. The van der Waals surface area contributed by atoms with Gasteiger partial charge in [-0.3, -0.25) is 5.32 Å². The van der Waals surface area contributed by atoms with Crippen LogP contribution in [-0.2, 0) is 0 Å². The molecule has 0 aliphatic rings. The van der Waals surface area contributed by atoms with Crippen LogP contribution in [0.2, 0.25) is 0 Å². The maximum Gasteiger partial charge on any atom is 0.0713 e. The normalized spacial score (nSPS) is 14.2. The van der Waals surface area contributed by atoms with E-state index in [1.54, 1.807) is 0 Å². The smallest absolute Gasteiger partial charge is 0.0713 e. The van der Waals surface area contributed by atoms with E-state index in [0.717, 1.165) is 0 Å². The van der Waals surface area contributed by atoms with Gasteiger partial charge in [0.05, 0.1) is 6.04 Å². The number of aliphatic hydroxyl groups is 1. The molecule has 0 aliphatic carbocycles. The van der Waals surface area contributed by atoms with Gasteiger partial charge in [-0.1, -0.05) is 36.3 Å². The Labute approximate surface area is 91.3 Å². The summed E-state index contributed by atoms with van der Waals surface area (Å²) >= 11 is 0. The molecule has 0 saturated heterocycles. The maximum atomic E-state index is 8.82. The Balaban J connectivity index is 2.55. The van der Waals surface area contributed by atoms with Gasteiger partial charge < -0.3 is 5.11 Å². The Morgan fingerprint density at radius 3 is 2.60 bits per heavy atom. The van der Waals surface area contributed by atoms with E-state index in [0.29, 0.717) is 6.42 Å². The highest BCUT2D eigenvalue weighted by atomic mass is 16.3. The summed E-state index contributed by atoms with van der Waals surface area (Å²) in [5.74, 6) is 2.63. The number of benzene rings is 1. The zero-order valence-corrected chi connectivity index (χ0v) is 8.98. The van der Waals surface area contributed by atoms with Gasteiger partial charge in [0.2, 0.25) is 0 Å². The highest BCUT2D eigenvalue weighted by Crippen LogP contribution is 2.12. The number of hydrogen-bond donors (Lipinski definition) is 2. The van der Waals surface area contributed by atoms with Gasteiger partial charge in [-0.25, -0.2) is 0 Å². The van der Waals surface area contributed by atoms with Crippen LogP contribution < -0.4 is 5.32 Å². The first-order chi connectivity index (χ1) is 7.27. The van der Waals surface area contributed by atoms with Crippen LogP contribution in [-0.4, -0.2) is 17.8 Å². The number of aliphatic hydroxyl groups excluding tert-OH is 1. The van der Waals surface area contributed by atoms with E-state index in [-0.39, 0.29) is 18.7 Å². The zero-order chi connectivity index (χ0) is 11.1. The molecule has 0 fully saturated rings. The van der Waals surface area contributed by atoms with Gasteiger partial charge in [0.15, 0.2) is 0 Å². The molecule has 2 heteroatoms. The fourth-order valence-electron chi connectivity index (χ4n) is 1.48. The minimum absolute atomic E-state index is 0.0646. The van der Waals surface area contributed by atoms with E-state index in [9.17, 15) is 0 Å². The molecule has 0 aliphatic heterocycles. The van der Waals surface area contributed by atoms with Crippen molar-refractivity contribution in [2.45, 2.75) is 25.4 Å². The van der Waals surface area contributed by atoms with E-state index >= 15 is 0 Å². The molecule has 0 saturated carbocycles. The molecule has 2 N–H and O–H groups in total. The van der Waals surface area contributed by atoms with Crippen molar-refractivity contribution in [2.24, 2.45) is 0 Å². The predicted octanol–water partition coefficient (Wildman–Crippen LogP) is 1.72. The van der Waals surface area contributed by atoms with Crippen molar-refractivity contribution in [3.05, 3.63) is 35.9 Å². The summed E-state index contributed by atoms with van der Waals surface area (Å²) in [6.45, 7) is 2.18. The molecule has 0 spiro atoms. The van der Waals surface area contributed by atoms with Crippen LogP contribution in [0.1, 0.15) is 24.9 Å². The first kappa shape index (κ1) is 11.8. The van der Waals surface area contributed by atoms with Gasteiger partial charge in [-0.15, -0.1) is 6.42 Å². The first-order valence-electron chi connectivity index (χ1n) is 5.16. The van der Waals surface area contributed by atoms with Crippen LogP contribution in [0.4, 0.5) is 0 Å². The molecule has 1 unspecified atom stereocenters. The second-order valence-corrected chi connectivity index (χ2v) is 3.53. The summed E-state index contributed by atoms with van der Waals surface area (Å²) in [5, 5.41) is 12.1. The standard InChI is InChI=1S/C13H17NO/c1-3-13(9-10-15)14-11(2)12-7-5-4-6-8-12/h1,4-8,11,13-15H,9-10H2,2H3/t11?,13-/m1/s1. The maximum absolute atomic E-state index is 8.82. The van der Waals surface area contributed by atoms with Gasteiger partial charge in [0.1, 0.15) is 0 Å². The van der Waals surface area contributed by atoms with Gasteiger partial charge in [-0.2, -0.15) is 0 Å². The van der Waals surface area contributed by atoms with E-state index in [2.05, 4.69) is 30.3 Å². The Kier molecular flexibility index (Phi) is 4.89. The molecular formula is C13H17NO. The molecule has 80 valence electrons. The molecule has 1 aromatic carbocycles. The van der Waals surface area contributed by atoms with Crippen LogP contribution in [0.5, 0.6) is 0 Å². The molecule has 1 rings (SSSR count). The van der Waals surface area contributed by atoms with E-state index in [1.807, 2.05) is 18.2 Å². The summed E-state index contributed by atoms with van der Waals surface area (Å²) < 4.78 is 0. The molecule has 1 aromatic rings. The summed E-state index contributed by atoms with van der Waals surface area (Å²) in [5.41, 5.74) is 1.20. The first-order valence-corrected chi connectivity index (χ1v) is 5.16. The monoisotopic (exact) mass is 203 g/mol. The molecule has 15 heavy (non-hydrogen) atoms. The third kappa shape index (κ3) is 3.75. The van der Waals surface area contributed by atoms with E-state index in [1.165, 1.54) is 5.56 Å². The van der Waals surface area contributed by atoms with Crippen molar-refractivity contribution in [3.8, 4) is 12.3 Å². The molecule has 0 radical (unpaired) electrons. The topological polar surface area (TPSA) is 32.3 Å². The number of hydrogen-bond acceptors (Lipinski definition) is 2. The van der Waals surface area contributed by atoms with Crippen LogP contribution in [0.25, 0.3) is 0 Å². The Bertz CT molecular complexity index is 315. The molecule has 2 nitrogen and oxygen atoms in total. The van der Waals surface area contributed by atoms with Gasteiger partial charge in [0, 0.05) is 12.6 Å². The van der Waals surface area contributed by atoms with Gasteiger partial charge >= 0.3 is 0 Å². The van der Waals surface area contributed by atoms with Crippen molar-refractivity contribution in [1.29, 1.82) is 0 Å². The van der Waals surface area contributed by atoms with Gasteiger partial charge in [-0.05, 0) is 18.9 Å². The largest absolute Gasteiger partial charge is 0.396 e. The fourth-order valence-corrected chi connectivity index (χ4v) is 1.48. The second kappa shape index (κ2) is 6.23. The van der Waals surface area contributed by atoms with Crippen molar-refractivity contribution in [1.82, 2.24) is 5.32 Å². The fraction of sp³-hybridized carbons (Fsp3) is 0.385. The van der Waals surface area contributed by atoms with Crippen molar-refractivity contribution in [3.63, 3.8) is 0 Å². The highest BCUT2D eigenvalue weighted by molar-refractivity contribution is 5.19. The highest BCUT2D eigenvalue weighted by Gasteiger charge is 2.09. The third-order valence-electron chi connectivity index (χ3n) is 2.37. The summed E-state index contributed by atoms with van der Waals surface area (Å²) in [6.07, 6.45) is 5.95. The lowest BCUT2D eigenvalue weighted by Crippen LogP contribution is -2.31. The zero-order valence-electron chi connectivity index (χ0n) is 8.98. The van der Waals surface area contributed by atoms with Crippen LogP contribution in [0.3, 0.4) is 0 Å². The quantitative estimate of drug-likeness (QED) is 0.714. The third-order valence-corrected chi connectivity index (χ3v) is 2.37. The predicted molar refractivity (Wildman–Crippen MR) is 62.3 cm³/mol. The second-order valence-electron chi connectivity index (χ2n) is 3.53. The summed E-state index contributed by atoms with van der Waals surface area (Å²) in [4.78, 5) is 0. The lowest BCUT2D eigenvalue weighted by atomic mass is 10.1. The average molecular weight is 203 g/mol. The molecule has 0 bridgehead atoms. The summed E-state index contributed by atoms with van der Waals surface area (Å²) in [6, 6.07) is 10.3. The summed E-state index contributed by atoms with van der Waals surface area (Å²) in [7, 11) is 0. The molecule has 0 heterocycles. The number of terminal acetylenes is 1. The molecule has 0 aromatic heterocycles. The van der Waals surface area contributed by atoms with Crippen molar-refractivity contribution < 1.29 is 5.11 Å². The van der Waals surface area contributed by atoms with Crippen molar-refractivity contribution in [2.75, 3.05) is 6.61 Å². The minimum atomic E-state index is -0.0646. The Hall–Kier alpha value is -1.30.